The monoisotopic (exact) mass is 311 g/mol. The van der Waals surface area contributed by atoms with Crippen molar-refractivity contribution in [3.8, 4) is 5.75 Å². The number of likely N-dealkylation sites (tertiary alicyclic amines) is 1. The van der Waals surface area contributed by atoms with Crippen LogP contribution in [0.15, 0.2) is 18.2 Å². The first-order chi connectivity index (χ1) is 9.97. The molecule has 1 heterocycles. The number of nitrogens with zero attached hydrogens (tertiary/aromatic N) is 1. The number of amides is 1. The van der Waals surface area contributed by atoms with Crippen molar-refractivity contribution in [2.75, 3.05) is 19.7 Å². The van der Waals surface area contributed by atoms with E-state index in [4.69, 9.17) is 21.4 Å². The zero-order chi connectivity index (χ0) is 15.4. The fourth-order valence-electron chi connectivity index (χ4n) is 2.28. The zero-order valence-electron chi connectivity index (χ0n) is 11.8. The van der Waals surface area contributed by atoms with E-state index >= 15 is 0 Å². The highest BCUT2D eigenvalue weighted by Crippen LogP contribution is 2.23. The first-order valence-electron chi connectivity index (χ1n) is 6.91. The van der Waals surface area contributed by atoms with E-state index in [1.54, 1.807) is 4.90 Å². The van der Waals surface area contributed by atoms with Crippen LogP contribution < -0.4 is 4.74 Å². The number of hydrogen-bond donors (Lipinski definition) is 1. The van der Waals surface area contributed by atoms with Crippen LogP contribution in [0.5, 0.6) is 5.75 Å². The molecule has 0 unspecified atom stereocenters. The number of carbonyl (C=O) groups excluding carboxylic acids is 1. The number of benzene rings is 1. The molecule has 2 rings (SSSR count). The van der Waals surface area contributed by atoms with Gasteiger partial charge in [-0.05, 0) is 37.0 Å². The van der Waals surface area contributed by atoms with E-state index in [1.165, 1.54) is 18.2 Å². The van der Waals surface area contributed by atoms with Gasteiger partial charge in [-0.3, -0.25) is 4.79 Å². The largest absolute Gasteiger partial charge is 0.483 e. The van der Waals surface area contributed by atoms with E-state index in [-0.39, 0.29) is 23.8 Å². The van der Waals surface area contributed by atoms with Gasteiger partial charge in [0.05, 0.1) is 0 Å². The van der Waals surface area contributed by atoms with Crippen molar-refractivity contribution in [3.63, 3.8) is 0 Å². The highest BCUT2D eigenvalue weighted by molar-refractivity contribution is 6.31. The summed E-state index contributed by atoms with van der Waals surface area (Å²) in [6.07, 6.45) is 1.99. The summed E-state index contributed by atoms with van der Waals surface area (Å²) in [6, 6.07) is 4.32. The Bertz CT molecular complexity index is 538. The number of carboxylic acid groups (broad SMARTS) is 1. The number of carbonyl (C=O) groups is 2. The first kappa shape index (κ1) is 15.6. The summed E-state index contributed by atoms with van der Waals surface area (Å²) in [5.41, 5.74) is -0.0393. The minimum Gasteiger partial charge on any atom is -0.483 e. The Balaban J connectivity index is 1.96. The molecule has 0 saturated carbocycles. The van der Waals surface area contributed by atoms with E-state index < -0.39 is 5.97 Å². The van der Waals surface area contributed by atoms with Crippen LogP contribution in [0.25, 0.3) is 0 Å². The Morgan fingerprint density at radius 2 is 2.05 bits per heavy atom. The van der Waals surface area contributed by atoms with E-state index in [1.807, 2.05) is 0 Å². The Morgan fingerprint density at radius 3 is 2.67 bits per heavy atom. The number of rotatable bonds is 4. The van der Waals surface area contributed by atoms with Crippen molar-refractivity contribution < 1.29 is 19.4 Å². The molecule has 1 amide bonds. The number of ether oxygens (including phenoxy) is 1. The van der Waals surface area contributed by atoms with Gasteiger partial charge < -0.3 is 14.7 Å². The molecule has 1 N–H and O–H groups in total. The summed E-state index contributed by atoms with van der Waals surface area (Å²) < 4.78 is 5.36. The number of carboxylic acids is 1. The maximum absolute atomic E-state index is 12.1. The van der Waals surface area contributed by atoms with E-state index in [2.05, 4.69) is 6.92 Å². The van der Waals surface area contributed by atoms with Crippen molar-refractivity contribution in [3.05, 3.63) is 28.8 Å². The average Bonchev–Trinajstić information content (AvgIpc) is 2.46. The minimum absolute atomic E-state index is 0.0393. The van der Waals surface area contributed by atoms with Gasteiger partial charge in [-0.15, -0.1) is 0 Å². The second-order valence-electron chi connectivity index (χ2n) is 5.30. The summed E-state index contributed by atoms with van der Waals surface area (Å²) in [5.74, 6) is -0.449. The Kier molecular flexibility index (Phi) is 5.07. The molecule has 0 spiro atoms. The van der Waals surface area contributed by atoms with E-state index in [9.17, 15) is 9.59 Å². The normalized spacial score (nSPS) is 15.8. The second-order valence-corrected chi connectivity index (χ2v) is 5.73. The van der Waals surface area contributed by atoms with E-state index in [0.29, 0.717) is 10.9 Å². The number of aromatic carboxylic acids is 1. The molecule has 0 radical (unpaired) electrons. The predicted octanol–water partition coefficient (Wildman–Crippen LogP) is 2.68. The lowest BCUT2D eigenvalue weighted by Gasteiger charge is -2.30. The predicted molar refractivity (Wildman–Crippen MR) is 78.9 cm³/mol. The summed E-state index contributed by atoms with van der Waals surface area (Å²) in [6.45, 7) is 3.48. The molecule has 0 aromatic heterocycles. The Morgan fingerprint density at radius 1 is 1.38 bits per heavy atom. The van der Waals surface area contributed by atoms with Gasteiger partial charge in [0, 0.05) is 18.1 Å². The lowest BCUT2D eigenvalue weighted by atomic mass is 9.99. The fraction of sp³-hybridized carbons (Fsp3) is 0.467. The van der Waals surface area contributed by atoms with Gasteiger partial charge in [-0.2, -0.15) is 0 Å². The zero-order valence-corrected chi connectivity index (χ0v) is 12.6. The average molecular weight is 312 g/mol. The topological polar surface area (TPSA) is 66.8 Å². The minimum atomic E-state index is -1.13. The second kappa shape index (κ2) is 6.80. The van der Waals surface area contributed by atoms with Crippen LogP contribution in [0.4, 0.5) is 0 Å². The molecule has 1 saturated heterocycles. The molecule has 5 nitrogen and oxygen atoms in total. The van der Waals surface area contributed by atoms with Crippen molar-refractivity contribution >= 4 is 23.5 Å². The quantitative estimate of drug-likeness (QED) is 0.928. The van der Waals surface area contributed by atoms with Crippen LogP contribution in [-0.2, 0) is 4.79 Å². The summed E-state index contributed by atoms with van der Waals surface area (Å²) in [7, 11) is 0. The van der Waals surface area contributed by atoms with Gasteiger partial charge in [0.25, 0.3) is 5.91 Å². The Labute approximate surface area is 128 Å². The van der Waals surface area contributed by atoms with Crippen molar-refractivity contribution in [2.45, 2.75) is 19.8 Å². The van der Waals surface area contributed by atoms with Gasteiger partial charge >= 0.3 is 5.97 Å². The lowest BCUT2D eigenvalue weighted by molar-refractivity contribution is -0.134. The van der Waals surface area contributed by atoms with Crippen LogP contribution >= 0.6 is 11.6 Å². The van der Waals surface area contributed by atoms with Crippen LogP contribution in [0.2, 0.25) is 5.02 Å². The molecule has 0 atom stereocenters. The smallest absolute Gasteiger partial charge is 0.339 e. The van der Waals surface area contributed by atoms with Gasteiger partial charge in [0.2, 0.25) is 0 Å². The summed E-state index contributed by atoms with van der Waals surface area (Å²) >= 11 is 5.76. The molecular formula is C15H18ClNO4. The van der Waals surface area contributed by atoms with Gasteiger partial charge in [0.1, 0.15) is 11.3 Å². The summed E-state index contributed by atoms with van der Waals surface area (Å²) in [5, 5.41) is 9.42. The highest BCUT2D eigenvalue weighted by atomic mass is 35.5. The summed E-state index contributed by atoms with van der Waals surface area (Å²) in [4.78, 5) is 24.9. The van der Waals surface area contributed by atoms with Crippen molar-refractivity contribution in [2.24, 2.45) is 5.92 Å². The van der Waals surface area contributed by atoms with Crippen LogP contribution in [0.1, 0.15) is 30.1 Å². The molecule has 1 aliphatic heterocycles. The molecule has 1 aromatic rings. The standard InChI is InChI=1S/C15H18ClNO4/c1-10-4-6-17(7-5-10)14(18)9-21-13-3-2-11(16)8-12(13)15(19)20/h2-3,8,10H,4-7,9H2,1H3,(H,19,20). The molecule has 1 fully saturated rings. The van der Waals surface area contributed by atoms with Crippen LogP contribution in [0, 0.1) is 5.92 Å². The molecule has 114 valence electrons. The van der Waals surface area contributed by atoms with Crippen LogP contribution in [-0.4, -0.2) is 41.6 Å². The van der Waals surface area contributed by atoms with Crippen molar-refractivity contribution in [1.82, 2.24) is 4.90 Å². The number of halogens is 1. The van der Waals surface area contributed by atoms with Crippen LogP contribution in [0.3, 0.4) is 0 Å². The first-order valence-corrected chi connectivity index (χ1v) is 7.28. The maximum atomic E-state index is 12.1. The van der Waals surface area contributed by atoms with Gasteiger partial charge in [0.15, 0.2) is 6.61 Å². The third kappa shape index (κ3) is 4.11. The molecule has 1 aromatic carbocycles. The molecule has 21 heavy (non-hydrogen) atoms. The Hall–Kier alpha value is -1.75. The maximum Gasteiger partial charge on any atom is 0.339 e. The van der Waals surface area contributed by atoms with E-state index in [0.717, 1.165) is 25.9 Å². The molecule has 6 heteroatoms. The molecule has 0 aliphatic carbocycles. The lowest BCUT2D eigenvalue weighted by Crippen LogP contribution is -2.40. The van der Waals surface area contributed by atoms with Crippen molar-refractivity contribution in [1.29, 1.82) is 0 Å². The van der Waals surface area contributed by atoms with Gasteiger partial charge in [-0.1, -0.05) is 18.5 Å². The third-order valence-electron chi connectivity index (χ3n) is 3.66. The molecule has 0 bridgehead atoms. The fourth-order valence-corrected chi connectivity index (χ4v) is 2.46. The number of hydrogen-bond acceptors (Lipinski definition) is 3. The van der Waals surface area contributed by atoms with Gasteiger partial charge in [-0.25, -0.2) is 4.79 Å². The SMILES string of the molecule is CC1CCN(C(=O)COc2ccc(Cl)cc2C(=O)O)CC1. The molecular weight excluding hydrogens is 294 g/mol. The highest BCUT2D eigenvalue weighted by Gasteiger charge is 2.21. The molecule has 1 aliphatic rings. The number of piperidine rings is 1. The third-order valence-corrected chi connectivity index (χ3v) is 3.89.